The summed E-state index contributed by atoms with van der Waals surface area (Å²) in [5.74, 6) is -0.562. The molecule has 0 spiro atoms. The van der Waals surface area contributed by atoms with Crippen LogP contribution >= 0.6 is 0 Å². The number of ether oxygens (including phenoxy) is 1. The first kappa shape index (κ1) is 19.2. The highest BCUT2D eigenvalue weighted by Gasteiger charge is 2.33. The Hall–Kier alpha value is -2.57. The first-order valence-electron chi connectivity index (χ1n) is 8.67. The predicted octanol–water partition coefficient (Wildman–Crippen LogP) is 4.80. The van der Waals surface area contributed by atoms with Crippen LogP contribution in [-0.4, -0.2) is 23.5 Å². The van der Waals surface area contributed by atoms with Crippen LogP contribution in [0.3, 0.4) is 0 Å². The van der Waals surface area contributed by atoms with Crippen molar-refractivity contribution in [2.45, 2.75) is 38.0 Å². The number of para-hydroxylation sites is 1. The number of benzene rings is 2. The van der Waals surface area contributed by atoms with Crippen molar-refractivity contribution in [1.29, 1.82) is 0 Å². The van der Waals surface area contributed by atoms with Crippen LogP contribution in [0.15, 0.2) is 48.5 Å². The molecule has 1 saturated carbocycles. The van der Waals surface area contributed by atoms with Gasteiger partial charge in [-0.3, -0.25) is 4.79 Å². The maximum absolute atomic E-state index is 13.5. The minimum absolute atomic E-state index is 0.0377. The third-order valence-corrected chi connectivity index (χ3v) is 4.35. The molecule has 0 bridgehead atoms. The second-order valence-corrected chi connectivity index (χ2v) is 6.48. The summed E-state index contributed by atoms with van der Waals surface area (Å²) in [7, 11) is 0. The predicted molar refractivity (Wildman–Crippen MR) is 91.5 cm³/mol. The molecule has 7 heteroatoms. The molecule has 2 aromatic rings. The van der Waals surface area contributed by atoms with E-state index in [0.29, 0.717) is 5.56 Å². The van der Waals surface area contributed by atoms with E-state index in [1.165, 1.54) is 24.3 Å². The number of alkyl halides is 3. The van der Waals surface area contributed by atoms with Gasteiger partial charge in [-0.25, -0.2) is 4.39 Å². The zero-order valence-electron chi connectivity index (χ0n) is 14.5. The van der Waals surface area contributed by atoms with Gasteiger partial charge >= 0.3 is 6.18 Å². The summed E-state index contributed by atoms with van der Waals surface area (Å²) >= 11 is 0. The standard InChI is InChI=1S/C20H19F4NO2/c21-17-3-1-2-4-18(17)27-12-11-19(26)25(16-9-10-16)13-14-5-7-15(8-6-14)20(22,23)24/h1-8,16H,9-13H2. The Morgan fingerprint density at radius 3 is 2.33 bits per heavy atom. The van der Waals surface area contributed by atoms with Crippen molar-refractivity contribution in [3.05, 3.63) is 65.5 Å². The summed E-state index contributed by atoms with van der Waals surface area (Å²) in [6.07, 6.45) is -2.55. The summed E-state index contributed by atoms with van der Waals surface area (Å²) in [4.78, 5) is 14.2. The van der Waals surface area contributed by atoms with Gasteiger partial charge in [0, 0.05) is 12.6 Å². The van der Waals surface area contributed by atoms with Crippen molar-refractivity contribution in [2.24, 2.45) is 0 Å². The van der Waals surface area contributed by atoms with Crippen LogP contribution < -0.4 is 4.74 Å². The molecule has 0 atom stereocenters. The van der Waals surface area contributed by atoms with Gasteiger partial charge in [-0.2, -0.15) is 13.2 Å². The molecule has 2 aromatic carbocycles. The number of hydrogen-bond acceptors (Lipinski definition) is 2. The van der Waals surface area contributed by atoms with E-state index in [4.69, 9.17) is 4.74 Å². The lowest BCUT2D eigenvalue weighted by Gasteiger charge is -2.23. The molecule has 0 radical (unpaired) electrons. The van der Waals surface area contributed by atoms with Crippen LogP contribution in [0.2, 0.25) is 0 Å². The van der Waals surface area contributed by atoms with Gasteiger partial charge in [-0.05, 0) is 42.7 Å². The van der Waals surface area contributed by atoms with Crippen molar-refractivity contribution in [2.75, 3.05) is 6.61 Å². The molecule has 0 heterocycles. The van der Waals surface area contributed by atoms with Crippen LogP contribution in [0.25, 0.3) is 0 Å². The van der Waals surface area contributed by atoms with Crippen LogP contribution in [0.1, 0.15) is 30.4 Å². The molecule has 0 unspecified atom stereocenters. The van der Waals surface area contributed by atoms with Crippen molar-refractivity contribution in [3.8, 4) is 5.75 Å². The Balaban J connectivity index is 1.57. The Bertz CT molecular complexity index is 785. The normalized spacial score (nSPS) is 14.1. The van der Waals surface area contributed by atoms with E-state index in [1.807, 2.05) is 0 Å². The number of amides is 1. The summed E-state index contributed by atoms with van der Waals surface area (Å²) in [6, 6.07) is 10.9. The summed E-state index contributed by atoms with van der Waals surface area (Å²) < 4.78 is 56.8. The second-order valence-electron chi connectivity index (χ2n) is 6.48. The van der Waals surface area contributed by atoms with Crippen molar-refractivity contribution in [3.63, 3.8) is 0 Å². The lowest BCUT2D eigenvalue weighted by molar-refractivity contribution is -0.137. The maximum Gasteiger partial charge on any atom is 0.416 e. The highest BCUT2D eigenvalue weighted by atomic mass is 19.4. The Labute approximate surface area is 154 Å². The smallest absolute Gasteiger partial charge is 0.416 e. The zero-order valence-corrected chi connectivity index (χ0v) is 14.5. The van der Waals surface area contributed by atoms with Crippen molar-refractivity contribution in [1.82, 2.24) is 4.90 Å². The maximum atomic E-state index is 13.5. The number of nitrogens with zero attached hydrogens (tertiary/aromatic N) is 1. The monoisotopic (exact) mass is 381 g/mol. The quantitative estimate of drug-likeness (QED) is 0.645. The molecule has 0 N–H and O–H groups in total. The Morgan fingerprint density at radius 1 is 1.07 bits per heavy atom. The van der Waals surface area contributed by atoms with E-state index in [2.05, 4.69) is 0 Å². The van der Waals surface area contributed by atoms with E-state index in [1.54, 1.807) is 17.0 Å². The number of hydrogen-bond donors (Lipinski definition) is 0. The van der Waals surface area contributed by atoms with E-state index >= 15 is 0 Å². The molecule has 3 rings (SSSR count). The van der Waals surface area contributed by atoms with Crippen molar-refractivity contribution < 1.29 is 27.1 Å². The van der Waals surface area contributed by atoms with Gasteiger partial charge in [-0.1, -0.05) is 24.3 Å². The molecule has 1 fully saturated rings. The highest BCUT2D eigenvalue weighted by molar-refractivity contribution is 5.77. The third-order valence-electron chi connectivity index (χ3n) is 4.35. The fourth-order valence-corrected chi connectivity index (χ4v) is 2.76. The van der Waals surface area contributed by atoms with E-state index in [0.717, 1.165) is 25.0 Å². The molecule has 0 aliphatic heterocycles. The largest absolute Gasteiger partial charge is 0.490 e. The lowest BCUT2D eigenvalue weighted by atomic mass is 10.1. The topological polar surface area (TPSA) is 29.5 Å². The highest BCUT2D eigenvalue weighted by Crippen LogP contribution is 2.31. The van der Waals surface area contributed by atoms with Gasteiger partial charge < -0.3 is 9.64 Å². The summed E-state index contributed by atoms with van der Waals surface area (Å²) in [5, 5.41) is 0. The molecule has 1 amide bonds. The lowest BCUT2D eigenvalue weighted by Crippen LogP contribution is -2.33. The fraction of sp³-hybridized carbons (Fsp3) is 0.350. The molecule has 3 nitrogen and oxygen atoms in total. The van der Waals surface area contributed by atoms with Crippen LogP contribution in [0.5, 0.6) is 5.75 Å². The third kappa shape index (κ3) is 5.21. The van der Waals surface area contributed by atoms with Gasteiger partial charge in [0.25, 0.3) is 0 Å². The van der Waals surface area contributed by atoms with Gasteiger partial charge in [-0.15, -0.1) is 0 Å². The van der Waals surface area contributed by atoms with Crippen LogP contribution in [0.4, 0.5) is 17.6 Å². The fourth-order valence-electron chi connectivity index (χ4n) is 2.76. The SMILES string of the molecule is O=C(CCOc1ccccc1F)N(Cc1ccc(C(F)(F)F)cc1)C1CC1. The number of carbonyl (C=O) groups excluding carboxylic acids is 1. The minimum Gasteiger partial charge on any atom is -0.490 e. The van der Waals surface area contributed by atoms with Crippen molar-refractivity contribution >= 4 is 5.91 Å². The van der Waals surface area contributed by atoms with E-state index in [9.17, 15) is 22.4 Å². The van der Waals surface area contributed by atoms with Crippen LogP contribution in [0, 0.1) is 5.82 Å². The Kier molecular flexibility index (Phi) is 5.68. The van der Waals surface area contributed by atoms with Crippen LogP contribution in [-0.2, 0) is 17.5 Å². The van der Waals surface area contributed by atoms with Gasteiger partial charge in [0.05, 0.1) is 18.6 Å². The zero-order chi connectivity index (χ0) is 19.4. The summed E-state index contributed by atoms with van der Waals surface area (Å²) in [5.41, 5.74) is -0.0768. The molecule has 1 aliphatic carbocycles. The molecule has 144 valence electrons. The molecule has 27 heavy (non-hydrogen) atoms. The average Bonchev–Trinajstić information content (AvgIpc) is 3.46. The molecular formula is C20H19F4NO2. The minimum atomic E-state index is -4.38. The number of carbonyl (C=O) groups is 1. The van der Waals surface area contributed by atoms with E-state index < -0.39 is 17.6 Å². The average molecular weight is 381 g/mol. The number of halogens is 4. The molecule has 0 saturated heterocycles. The van der Waals surface area contributed by atoms with Gasteiger partial charge in [0.2, 0.25) is 5.91 Å². The summed E-state index contributed by atoms with van der Waals surface area (Å²) in [6.45, 7) is 0.289. The van der Waals surface area contributed by atoms with E-state index in [-0.39, 0.29) is 37.3 Å². The first-order chi connectivity index (χ1) is 12.8. The second kappa shape index (κ2) is 7.98. The molecule has 0 aromatic heterocycles. The van der Waals surface area contributed by atoms with Gasteiger partial charge in [0.15, 0.2) is 11.6 Å². The Morgan fingerprint density at radius 2 is 1.74 bits per heavy atom. The van der Waals surface area contributed by atoms with Gasteiger partial charge in [0.1, 0.15) is 0 Å². The first-order valence-corrected chi connectivity index (χ1v) is 8.67. The number of rotatable bonds is 7. The molecule has 1 aliphatic rings. The molecular weight excluding hydrogens is 362 g/mol.